The van der Waals surface area contributed by atoms with Crippen LogP contribution in [0.5, 0.6) is 0 Å². The van der Waals surface area contributed by atoms with E-state index in [9.17, 15) is 14.4 Å². The van der Waals surface area contributed by atoms with Crippen LogP contribution >= 0.6 is 0 Å². The van der Waals surface area contributed by atoms with Crippen LogP contribution in [-0.2, 0) is 14.4 Å². The van der Waals surface area contributed by atoms with E-state index in [0.29, 0.717) is 13.1 Å². The molecule has 2 atom stereocenters. The Kier molecular flexibility index (Phi) is 3.28. The van der Waals surface area contributed by atoms with Crippen molar-refractivity contribution < 1.29 is 19.5 Å². The van der Waals surface area contributed by atoms with Crippen LogP contribution < -0.4 is 0 Å². The summed E-state index contributed by atoms with van der Waals surface area (Å²) < 4.78 is 0. The zero-order chi connectivity index (χ0) is 14.4. The fraction of sp³-hybridized carbons (Fsp3) is 0.769. The Balaban J connectivity index is 2.09. The molecule has 19 heavy (non-hydrogen) atoms. The molecule has 106 valence electrons. The van der Waals surface area contributed by atoms with Gasteiger partial charge in [0.1, 0.15) is 0 Å². The maximum atomic E-state index is 12.4. The molecular weight excluding hydrogens is 248 g/mol. The van der Waals surface area contributed by atoms with E-state index >= 15 is 0 Å². The lowest BCUT2D eigenvalue weighted by Crippen LogP contribution is -2.39. The Labute approximate surface area is 112 Å². The van der Waals surface area contributed by atoms with Gasteiger partial charge in [-0.05, 0) is 11.8 Å². The lowest BCUT2D eigenvalue weighted by molar-refractivity contribution is -0.143. The summed E-state index contributed by atoms with van der Waals surface area (Å²) in [5.74, 6) is -2.34. The molecule has 2 fully saturated rings. The van der Waals surface area contributed by atoms with Crippen molar-refractivity contribution in [3.05, 3.63) is 0 Å². The van der Waals surface area contributed by atoms with E-state index in [4.69, 9.17) is 5.11 Å². The van der Waals surface area contributed by atoms with E-state index in [2.05, 4.69) is 0 Å². The summed E-state index contributed by atoms with van der Waals surface area (Å²) in [5.41, 5.74) is -0.510. The van der Waals surface area contributed by atoms with E-state index in [1.807, 2.05) is 0 Å². The summed E-state index contributed by atoms with van der Waals surface area (Å²) in [5, 5.41) is 9.11. The van der Waals surface area contributed by atoms with Gasteiger partial charge in [-0.3, -0.25) is 14.4 Å². The van der Waals surface area contributed by atoms with Crippen molar-refractivity contribution in [3.8, 4) is 0 Å². The number of carboxylic acids is 1. The molecule has 0 radical (unpaired) electrons. The molecule has 0 aromatic rings. The average Bonchev–Trinajstić information content (AvgIpc) is 2.93. The number of carboxylic acid groups (broad SMARTS) is 1. The Morgan fingerprint density at radius 2 is 1.89 bits per heavy atom. The van der Waals surface area contributed by atoms with Gasteiger partial charge in [0.15, 0.2) is 0 Å². The minimum atomic E-state index is -0.929. The van der Waals surface area contributed by atoms with Crippen LogP contribution in [0, 0.1) is 17.3 Å². The van der Waals surface area contributed by atoms with Crippen molar-refractivity contribution in [1.82, 2.24) is 9.80 Å². The lowest BCUT2D eigenvalue weighted by atomic mass is 10.1. The van der Waals surface area contributed by atoms with Gasteiger partial charge in [0.2, 0.25) is 11.8 Å². The predicted molar refractivity (Wildman–Crippen MR) is 67.2 cm³/mol. The first-order valence-corrected chi connectivity index (χ1v) is 6.52. The van der Waals surface area contributed by atoms with Gasteiger partial charge in [-0.1, -0.05) is 13.8 Å². The van der Waals surface area contributed by atoms with Gasteiger partial charge < -0.3 is 14.9 Å². The summed E-state index contributed by atoms with van der Waals surface area (Å²) in [6.45, 7) is 4.81. The van der Waals surface area contributed by atoms with Crippen LogP contribution in [0.4, 0.5) is 0 Å². The molecule has 1 aliphatic heterocycles. The normalized spacial score (nSPS) is 29.9. The Bertz CT molecular complexity index is 432. The van der Waals surface area contributed by atoms with Gasteiger partial charge in [0, 0.05) is 20.1 Å². The van der Waals surface area contributed by atoms with Crippen LogP contribution in [0.1, 0.15) is 20.3 Å². The van der Waals surface area contributed by atoms with Crippen LogP contribution in [0.2, 0.25) is 0 Å². The molecule has 0 aromatic carbocycles. The first-order chi connectivity index (χ1) is 8.76. The maximum absolute atomic E-state index is 12.4. The number of amides is 2. The summed E-state index contributed by atoms with van der Waals surface area (Å²) in [4.78, 5) is 38.4. The molecule has 2 unspecified atom stereocenters. The number of nitrogens with zero attached hydrogens (tertiary/aromatic N) is 2. The molecule has 2 aliphatic rings. The number of rotatable bonds is 2. The fourth-order valence-electron chi connectivity index (χ4n) is 2.93. The number of hydrogen-bond donors (Lipinski definition) is 1. The molecular formula is C13H20N2O4. The molecule has 1 saturated carbocycles. The quantitative estimate of drug-likeness (QED) is 0.766. The molecule has 0 bridgehead atoms. The van der Waals surface area contributed by atoms with E-state index in [-0.39, 0.29) is 18.4 Å². The maximum Gasteiger partial charge on any atom is 0.307 e. The molecule has 6 heteroatoms. The number of carbonyl (C=O) groups is 3. The van der Waals surface area contributed by atoms with Crippen molar-refractivity contribution in [2.24, 2.45) is 17.3 Å². The molecule has 2 amide bonds. The van der Waals surface area contributed by atoms with Crippen LogP contribution in [0.25, 0.3) is 0 Å². The van der Waals surface area contributed by atoms with Crippen molar-refractivity contribution in [1.29, 1.82) is 0 Å². The topological polar surface area (TPSA) is 77.9 Å². The van der Waals surface area contributed by atoms with E-state index in [1.54, 1.807) is 25.8 Å². The van der Waals surface area contributed by atoms with E-state index < -0.39 is 23.2 Å². The third-order valence-corrected chi connectivity index (χ3v) is 4.34. The van der Waals surface area contributed by atoms with Crippen molar-refractivity contribution >= 4 is 17.8 Å². The number of carbonyl (C=O) groups excluding carboxylic acids is 2. The highest BCUT2D eigenvalue weighted by Crippen LogP contribution is 2.59. The third-order valence-electron chi connectivity index (χ3n) is 4.34. The molecule has 0 aromatic heterocycles. The molecule has 1 heterocycles. The zero-order valence-electron chi connectivity index (χ0n) is 11.5. The SMILES string of the molecule is CN1CCCN(C(=O)C2C(C(=O)O)C2(C)C)CC1=O. The second-order valence-electron chi connectivity index (χ2n) is 6.04. The monoisotopic (exact) mass is 268 g/mol. The number of hydrogen-bond acceptors (Lipinski definition) is 3. The van der Waals surface area contributed by atoms with E-state index in [0.717, 1.165) is 6.42 Å². The minimum Gasteiger partial charge on any atom is -0.481 e. The highest BCUT2D eigenvalue weighted by atomic mass is 16.4. The molecule has 1 N–H and O–H groups in total. The summed E-state index contributed by atoms with van der Waals surface area (Å²) in [7, 11) is 1.72. The summed E-state index contributed by atoms with van der Waals surface area (Å²) >= 11 is 0. The van der Waals surface area contributed by atoms with Crippen LogP contribution in [0.15, 0.2) is 0 Å². The second kappa shape index (κ2) is 4.51. The molecule has 0 spiro atoms. The molecule has 2 rings (SSSR count). The van der Waals surface area contributed by atoms with Crippen LogP contribution in [0.3, 0.4) is 0 Å². The molecule has 6 nitrogen and oxygen atoms in total. The molecule has 1 saturated heterocycles. The van der Waals surface area contributed by atoms with Gasteiger partial charge in [-0.15, -0.1) is 0 Å². The average molecular weight is 268 g/mol. The van der Waals surface area contributed by atoms with Gasteiger partial charge in [-0.25, -0.2) is 0 Å². The third kappa shape index (κ3) is 2.31. The lowest BCUT2D eigenvalue weighted by Gasteiger charge is -2.20. The van der Waals surface area contributed by atoms with Gasteiger partial charge in [-0.2, -0.15) is 0 Å². The standard InChI is InChI=1S/C13H20N2O4/c1-13(2)9(10(13)12(18)19)11(17)15-6-4-5-14(3)8(16)7-15/h9-10H,4-7H2,1-3H3,(H,18,19). The predicted octanol–water partition coefficient (Wildman–Crippen LogP) is 0.0339. The summed E-state index contributed by atoms with van der Waals surface area (Å²) in [6, 6.07) is 0. The van der Waals surface area contributed by atoms with Crippen molar-refractivity contribution in [2.75, 3.05) is 26.7 Å². The number of likely N-dealkylation sites (N-methyl/N-ethyl adjacent to an activating group) is 1. The van der Waals surface area contributed by atoms with Crippen molar-refractivity contribution in [3.63, 3.8) is 0 Å². The highest BCUT2D eigenvalue weighted by molar-refractivity contribution is 5.93. The molecule has 1 aliphatic carbocycles. The summed E-state index contributed by atoms with van der Waals surface area (Å²) in [6.07, 6.45) is 0.735. The zero-order valence-corrected chi connectivity index (χ0v) is 11.5. The fourth-order valence-corrected chi connectivity index (χ4v) is 2.93. The largest absolute Gasteiger partial charge is 0.481 e. The Morgan fingerprint density at radius 1 is 1.26 bits per heavy atom. The smallest absolute Gasteiger partial charge is 0.307 e. The van der Waals surface area contributed by atoms with Crippen molar-refractivity contribution in [2.45, 2.75) is 20.3 Å². The first kappa shape index (κ1) is 13.8. The first-order valence-electron chi connectivity index (χ1n) is 6.52. The second-order valence-corrected chi connectivity index (χ2v) is 6.04. The highest BCUT2D eigenvalue weighted by Gasteiger charge is 2.66. The Hall–Kier alpha value is -1.59. The van der Waals surface area contributed by atoms with Gasteiger partial charge >= 0.3 is 5.97 Å². The van der Waals surface area contributed by atoms with Crippen LogP contribution in [-0.4, -0.2) is 59.4 Å². The van der Waals surface area contributed by atoms with E-state index in [1.165, 1.54) is 4.90 Å². The minimum absolute atomic E-state index is 0.0637. The Morgan fingerprint density at radius 3 is 2.42 bits per heavy atom. The number of aliphatic carboxylic acids is 1. The van der Waals surface area contributed by atoms with Gasteiger partial charge in [0.25, 0.3) is 0 Å². The van der Waals surface area contributed by atoms with Gasteiger partial charge in [0.05, 0.1) is 18.4 Å².